The summed E-state index contributed by atoms with van der Waals surface area (Å²) >= 11 is 5.98. The van der Waals surface area contributed by atoms with Crippen LogP contribution in [0, 0.1) is 0 Å². The highest BCUT2D eigenvalue weighted by atomic mass is 127. The van der Waals surface area contributed by atoms with Gasteiger partial charge in [0, 0.05) is 17.1 Å². The van der Waals surface area contributed by atoms with Gasteiger partial charge in [-0.3, -0.25) is 0 Å². The van der Waals surface area contributed by atoms with Crippen molar-refractivity contribution in [3.63, 3.8) is 0 Å². The maximum atomic E-state index is 5.95. The van der Waals surface area contributed by atoms with Crippen molar-refractivity contribution in [3.8, 4) is 0 Å². The third kappa shape index (κ3) is 2.07. The van der Waals surface area contributed by atoms with Gasteiger partial charge in [-0.1, -0.05) is 8.93 Å². The first-order valence-corrected chi connectivity index (χ1v) is 9.86. The summed E-state index contributed by atoms with van der Waals surface area (Å²) < 4.78 is 7.55. The van der Waals surface area contributed by atoms with E-state index < -0.39 is 0 Å². The van der Waals surface area contributed by atoms with E-state index >= 15 is 0 Å². The third-order valence-corrected chi connectivity index (χ3v) is 6.76. The molecule has 3 rings (SSSR count). The summed E-state index contributed by atoms with van der Waals surface area (Å²) in [5, 5.41) is 0.350. The van der Waals surface area contributed by atoms with Gasteiger partial charge in [0.1, 0.15) is 5.82 Å². The zero-order valence-corrected chi connectivity index (χ0v) is 12.0. The Labute approximate surface area is 111 Å². The van der Waals surface area contributed by atoms with Gasteiger partial charge in [-0.15, -0.1) is 0 Å². The molecule has 0 amide bonds. The summed E-state index contributed by atoms with van der Waals surface area (Å²) in [4.78, 5) is 12.1. The first-order valence-electron chi connectivity index (χ1n) is 4.88. The lowest BCUT2D eigenvalue weighted by Crippen LogP contribution is -2.37. The van der Waals surface area contributed by atoms with E-state index in [2.05, 4.69) is 18.9 Å². The molecule has 1 fully saturated rings. The van der Waals surface area contributed by atoms with Crippen LogP contribution < -0.4 is 4.90 Å². The summed E-state index contributed by atoms with van der Waals surface area (Å²) in [7, 11) is 1.89. The minimum Gasteiger partial charge on any atom is -0.378 e. The van der Waals surface area contributed by atoms with Crippen molar-refractivity contribution in [2.45, 2.75) is 4.90 Å². The minimum absolute atomic E-state index is 0.0329. The Kier molecular flexibility index (Phi) is 3.32. The summed E-state index contributed by atoms with van der Waals surface area (Å²) in [6.45, 7) is 3.30. The van der Waals surface area contributed by atoms with Gasteiger partial charge in [0.2, 0.25) is 5.28 Å². The van der Waals surface area contributed by atoms with Gasteiger partial charge in [-0.05, 0) is 30.9 Å². The molecule has 1 aromatic heterocycles. The van der Waals surface area contributed by atoms with E-state index in [-0.39, 0.29) is 19.3 Å². The smallest absolute Gasteiger partial charge is 0.224 e. The molecule has 4 nitrogen and oxygen atoms in total. The van der Waals surface area contributed by atoms with Crippen LogP contribution in [-0.4, -0.2) is 40.3 Å². The van der Waals surface area contributed by atoms with E-state index in [1.807, 2.05) is 8.93 Å². The van der Waals surface area contributed by atoms with Gasteiger partial charge in [0.05, 0.1) is 23.8 Å². The number of halogens is 2. The summed E-state index contributed by atoms with van der Waals surface area (Å²) in [5.41, 5.74) is 1.03. The van der Waals surface area contributed by atoms with Crippen molar-refractivity contribution in [1.82, 2.24) is 9.97 Å². The predicted molar refractivity (Wildman–Crippen MR) is 75.1 cm³/mol. The molecule has 0 bridgehead atoms. The highest BCUT2D eigenvalue weighted by molar-refractivity contribution is 14.2. The average Bonchev–Trinajstić information content (AvgIpc) is 2.77. The van der Waals surface area contributed by atoms with Crippen LogP contribution in [0.3, 0.4) is 0 Å². The van der Waals surface area contributed by atoms with Crippen LogP contribution in [0.5, 0.6) is 0 Å². The highest BCUT2D eigenvalue weighted by Gasteiger charge is 2.22. The molecule has 2 aliphatic heterocycles. The Bertz CT molecular complexity index is 451. The summed E-state index contributed by atoms with van der Waals surface area (Å²) in [6, 6.07) is 0. The normalized spacial score (nSPS) is 19.4. The molecular formula is C9H9ClIN3OS. The summed E-state index contributed by atoms with van der Waals surface area (Å²) in [6.07, 6.45) is 0. The molecule has 16 heavy (non-hydrogen) atoms. The molecule has 3 heterocycles. The van der Waals surface area contributed by atoms with Crippen LogP contribution in [0.25, 0.3) is 0 Å². The molecule has 0 N–H and O–H groups in total. The number of nitrogens with zero attached hydrogens (tertiary/aromatic N) is 3. The van der Waals surface area contributed by atoms with E-state index in [1.165, 1.54) is 4.90 Å². The number of hydrogen-bond acceptors (Lipinski definition) is 5. The van der Waals surface area contributed by atoms with Crippen LogP contribution >= 0.6 is 39.9 Å². The van der Waals surface area contributed by atoms with Gasteiger partial charge in [-0.25, -0.2) is 4.98 Å². The molecule has 86 valence electrons. The molecule has 0 aromatic carbocycles. The van der Waals surface area contributed by atoms with Crippen molar-refractivity contribution in [1.29, 1.82) is 0 Å². The second kappa shape index (κ2) is 4.75. The van der Waals surface area contributed by atoms with Crippen LogP contribution in [0.4, 0.5) is 5.82 Å². The molecule has 1 aromatic rings. The fourth-order valence-electron chi connectivity index (χ4n) is 1.67. The number of fused-ring (bicyclic) bond motifs is 1. The van der Waals surface area contributed by atoms with Crippen LogP contribution in [0.15, 0.2) is 4.90 Å². The maximum absolute atomic E-state index is 5.95. The van der Waals surface area contributed by atoms with Crippen molar-refractivity contribution < 1.29 is 4.74 Å². The fourth-order valence-corrected chi connectivity index (χ4v) is 6.29. The molecule has 1 saturated heterocycles. The standard InChI is InChI=1S/C9H9ClIN3OS/c10-9-12-6-5-11-16-7(6)8(13-9)14-1-3-15-4-2-14/h5H,1-4H2. The van der Waals surface area contributed by atoms with Crippen LogP contribution in [0.1, 0.15) is 5.69 Å². The number of rotatable bonds is 1. The SMILES string of the molecule is Clc1nc2c(c(N3CCOCC3)n1)SI=C2. The fraction of sp³-hybridized carbons (Fsp3) is 0.444. The van der Waals surface area contributed by atoms with Crippen LogP contribution in [0.2, 0.25) is 5.28 Å². The topological polar surface area (TPSA) is 38.2 Å². The largest absolute Gasteiger partial charge is 0.378 e. The molecule has 0 aliphatic carbocycles. The molecule has 7 heteroatoms. The third-order valence-electron chi connectivity index (χ3n) is 2.43. The number of ether oxygens (including phenoxy) is 1. The molecular weight excluding hydrogens is 361 g/mol. The van der Waals surface area contributed by atoms with E-state index in [0.717, 1.165) is 37.8 Å². The Morgan fingerprint density at radius 1 is 1.38 bits per heavy atom. The lowest BCUT2D eigenvalue weighted by atomic mass is 10.3. The number of hydrogen-bond donors (Lipinski definition) is 0. The average molecular weight is 370 g/mol. The zero-order chi connectivity index (χ0) is 11.0. The Morgan fingerprint density at radius 2 is 2.19 bits per heavy atom. The molecule has 0 atom stereocenters. The van der Waals surface area contributed by atoms with Crippen molar-refractivity contribution in [2.75, 3.05) is 31.2 Å². The number of anilines is 1. The quantitative estimate of drug-likeness (QED) is 0.560. The van der Waals surface area contributed by atoms with E-state index in [4.69, 9.17) is 16.3 Å². The lowest BCUT2D eigenvalue weighted by Gasteiger charge is -2.28. The van der Waals surface area contributed by atoms with E-state index in [0.29, 0.717) is 5.28 Å². The Hall–Kier alpha value is 0.0800. The second-order valence-corrected chi connectivity index (χ2v) is 7.95. The molecule has 0 radical (unpaired) electrons. The molecule has 2 aliphatic rings. The van der Waals surface area contributed by atoms with Gasteiger partial charge in [-0.2, -0.15) is 4.98 Å². The van der Waals surface area contributed by atoms with E-state index in [9.17, 15) is 0 Å². The van der Waals surface area contributed by atoms with Crippen LogP contribution in [-0.2, 0) is 4.74 Å². The lowest BCUT2D eigenvalue weighted by molar-refractivity contribution is 0.122. The maximum Gasteiger partial charge on any atom is 0.224 e. The Morgan fingerprint density at radius 3 is 3.00 bits per heavy atom. The summed E-state index contributed by atoms with van der Waals surface area (Å²) in [5.74, 6) is 0.997. The first kappa shape index (κ1) is 11.2. The van der Waals surface area contributed by atoms with Gasteiger partial charge in [0.25, 0.3) is 0 Å². The van der Waals surface area contributed by atoms with Gasteiger partial charge < -0.3 is 9.64 Å². The molecule has 0 saturated carbocycles. The molecule has 0 spiro atoms. The van der Waals surface area contributed by atoms with E-state index in [1.54, 1.807) is 0 Å². The number of morpholine rings is 1. The zero-order valence-electron chi connectivity index (χ0n) is 8.32. The monoisotopic (exact) mass is 369 g/mol. The minimum atomic E-state index is 0.0329. The van der Waals surface area contributed by atoms with Crippen molar-refractivity contribution in [3.05, 3.63) is 11.0 Å². The molecule has 0 unspecified atom stereocenters. The highest BCUT2D eigenvalue weighted by Crippen LogP contribution is 2.44. The second-order valence-electron chi connectivity index (χ2n) is 3.41. The van der Waals surface area contributed by atoms with Crippen molar-refractivity contribution in [2.24, 2.45) is 0 Å². The first-order chi connectivity index (χ1) is 7.84. The van der Waals surface area contributed by atoms with Gasteiger partial charge >= 0.3 is 0 Å². The van der Waals surface area contributed by atoms with Crippen molar-refractivity contribution >= 4 is 49.7 Å². The Balaban J connectivity index is 2.00. The predicted octanol–water partition coefficient (Wildman–Crippen LogP) is 2.11. The number of aromatic nitrogens is 2. The van der Waals surface area contributed by atoms with Gasteiger partial charge in [0.15, 0.2) is 0 Å².